The molecule has 0 radical (unpaired) electrons. The van der Waals surface area contributed by atoms with Crippen molar-refractivity contribution in [3.05, 3.63) is 65.5 Å². The summed E-state index contributed by atoms with van der Waals surface area (Å²) in [4.78, 5) is 19.0. The molecular formula is C18H12F4N4O2. The van der Waals surface area contributed by atoms with Gasteiger partial charge in [0.1, 0.15) is 12.1 Å². The van der Waals surface area contributed by atoms with E-state index in [1.165, 1.54) is 13.0 Å². The van der Waals surface area contributed by atoms with Crippen LogP contribution in [0.15, 0.2) is 43.0 Å². The minimum absolute atomic E-state index is 0.000497. The fraction of sp³-hybridized carbons (Fsp3) is 0.111. The van der Waals surface area contributed by atoms with E-state index in [9.17, 15) is 27.5 Å². The molecule has 6 nitrogen and oxygen atoms in total. The lowest BCUT2D eigenvalue weighted by atomic mass is 10.1. The lowest BCUT2D eigenvalue weighted by Crippen LogP contribution is -2.05. The number of carboxylic acid groups (broad SMARTS) is 1. The number of pyridine rings is 1. The van der Waals surface area contributed by atoms with Gasteiger partial charge in [0.2, 0.25) is 0 Å². The van der Waals surface area contributed by atoms with Crippen LogP contribution in [0.5, 0.6) is 0 Å². The number of aryl methyl sites for hydroxylation is 1. The molecule has 3 aromatic rings. The van der Waals surface area contributed by atoms with Crippen molar-refractivity contribution < 1.29 is 27.5 Å². The minimum atomic E-state index is -4.52. The SMILES string of the molecule is Cc1cc(-c2ncn(/C=C(\C(=O)O)c3cncc(F)c3)n2)cc(C(F)(F)F)c1. The largest absolute Gasteiger partial charge is 0.478 e. The first-order chi connectivity index (χ1) is 13.1. The molecule has 0 amide bonds. The highest BCUT2D eigenvalue weighted by molar-refractivity contribution is 6.19. The number of rotatable bonds is 4. The Bertz CT molecular complexity index is 1070. The van der Waals surface area contributed by atoms with E-state index < -0.39 is 23.5 Å². The summed E-state index contributed by atoms with van der Waals surface area (Å²) in [7, 11) is 0. The van der Waals surface area contributed by atoms with Crippen molar-refractivity contribution in [2.45, 2.75) is 13.1 Å². The van der Waals surface area contributed by atoms with Gasteiger partial charge in [0.15, 0.2) is 5.82 Å². The van der Waals surface area contributed by atoms with Crippen molar-refractivity contribution >= 4 is 17.7 Å². The molecule has 0 spiro atoms. The number of carbonyl (C=O) groups is 1. The fourth-order valence-electron chi connectivity index (χ4n) is 2.49. The van der Waals surface area contributed by atoms with Crippen molar-refractivity contribution in [2.24, 2.45) is 0 Å². The van der Waals surface area contributed by atoms with Crippen LogP contribution in [0.4, 0.5) is 17.6 Å². The van der Waals surface area contributed by atoms with Crippen LogP contribution in [-0.4, -0.2) is 30.8 Å². The Morgan fingerprint density at radius 3 is 2.57 bits per heavy atom. The van der Waals surface area contributed by atoms with Crippen molar-refractivity contribution in [3.63, 3.8) is 0 Å². The first-order valence-electron chi connectivity index (χ1n) is 7.80. The maximum absolute atomic E-state index is 13.3. The summed E-state index contributed by atoms with van der Waals surface area (Å²) < 4.78 is 53.3. The van der Waals surface area contributed by atoms with E-state index in [0.29, 0.717) is 5.56 Å². The summed E-state index contributed by atoms with van der Waals surface area (Å²) in [6, 6.07) is 4.37. The van der Waals surface area contributed by atoms with Crippen LogP contribution in [0.1, 0.15) is 16.7 Å². The van der Waals surface area contributed by atoms with Gasteiger partial charge in [0.05, 0.1) is 17.3 Å². The minimum Gasteiger partial charge on any atom is -0.478 e. The Morgan fingerprint density at radius 1 is 1.18 bits per heavy atom. The van der Waals surface area contributed by atoms with E-state index in [4.69, 9.17) is 0 Å². The van der Waals surface area contributed by atoms with Crippen molar-refractivity contribution in [2.75, 3.05) is 0 Å². The molecule has 0 aliphatic heterocycles. The van der Waals surface area contributed by atoms with Crippen LogP contribution in [0, 0.1) is 12.7 Å². The molecule has 3 rings (SSSR count). The third kappa shape index (κ3) is 4.22. The second-order valence-corrected chi connectivity index (χ2v) is 5.87. The van der Waals surface area contributed by atoms with Gasteiger partial charge in [-0.15, -0.1) is 5.10 Å². The highest BCUT2D eigenvalue weighted by Gasteiger charge is 2.31. The molecule has 10 heteroatoms. The van der Waals surface area contributed by atoms with Gasteiger partial charge in [0.25, 0.3) is 0 Å². The van der Waals surface area contributed by atoms with Gasteiger partial charge in [-0.3, -0.25) is 4.98 Å². The summed E-state index contributed by atoms with van der Waals surface area (Å²) in [5.41, 5.74) is -0.660. The zero-order valence-corrected chi connectivity index (χ0v) is 14.3. The molecule has 1 aromatic carbocycles. The van der Waals surface area contributed by atoms with Crippen LogP contribution < -0.4 is 0 Å². The predicted molar refractivity (Wildman–Crippen MR) is 91.2 cm³/mol. The smallest absolute Gasteiger partial charge is 0.416 e. The van der Waals surface area contributed by atoms with E-state index in [1.54, 1.807) is 0 Å². The number of alkyl halides is 3. The lowest BCUT2D eigenvalue weighted by Gasteiger charge is -2.09. The average molecular weight is 392 g/mol. The summed E-state index contributed by atoms with van der Waals surface area (Å²) in [5.74, 6) is -2.10. The second kappa shape index (κ2) is 7.22. The molecule has 0 saturated carbocycles. The summed E-state index contributed by atoms with van der Waals surface area (Å²) in [6.45, 7) is 1.51. The molecule has 0 saturated heterocycles. The number of hydrogen-bond donors (Lipinski definition) is 1. The van der Waals surface area contributed by atoms with Crippen LogP contribution in [0.3, 0.4) is 0 Å². The van der Waals surface area contributed by atoms with Crippen molar-refractivity contribution in [3.8, 4) is 11.4 Å². The molecule has 0 aliphatic carbocycles. The topological polar surface area (TPSA) is 80.9 Å². The maximum atomic E-state index is 13.3. The van der Waals surface area contributed by atoms with Gasteiger partial charge in [-0.2, -0.15) is 13.2 Å². The fourth-order valence-corrected chi connectivity index (χ4v) is 2.49. The van der Waals surface area contributed by atoms with Gasteiger partial charge < -0.3 is 5.11 Å². The quantitative estimate of drug-likeness (QED) is 0.538. The molecule has 144 valence electrons. The molecule has 28 heavy (non-hydrogen) atoms. The molecule has 2 aromatic heterocycles. The van der Waals surface area contributed by atoms with E-state index in [1.807, 2.05) is 0 Å². The zero-order chi connectivity index (χ0) is 20.5. The van der Waals surface area contributed by atoms with Gasteiger partial charge in [-0.05, 0) is 36.8 Å². The third-order valence-electron chi connectivity index (χ3n) is 3.68. The summed E-state index contributed by atoms with van der Waals surface area (Å²) >= 11 is 0. The highest BCUT2D eigenvalue weighted by atomic mass is 19.4. The zero-order valence-electron chi connectivity index (χ0n) is 14.3. The average Bonchev–Trinajstić information content (AvgIpc) is 3.07. The van der Waals surface area contributed by atoms with Gasteiger partial charge in [-0.1, -0.05) is 0 Å². The van der Waals surface area contributed by atoms with Crippen LogP contribution >= 0.6 is 0 Å². The van der Waals surface area contributed by atoms with Crippen molar-refractivity contribution in [1.29, 1.82) is 0 Å². The Balaban J connectivity index is 2.01. The van der Waals surface area contributed by atoms with E-state index in [-0.39, 0.29) is 22.5 Å². The maximum Gasteiger partial charge on any atom is 0.416 e. The molecule has 0 bridgehead atoms. The standard InChI is InChI=1S/C18H12F4N4O2/c1-10-2-11(4-13(3-10)18(20,21)22)16-24-9-26(25-16)8-15(17(27)28)12-5-14(19)7-23-6-12/h2-9H,1H3,(H,27,28)/b15-8-. The Hall–Kier alpha value is -3.56. The van der Waals surface area contributed by atoms with Gasteiger partial charge >= 0.3 is 12.1 Å². The van der Waals surface area contributed by atoms with Gasteiger partial charge in [0, 0.05) is 23.5 Å². The predicted octanol–water partition coefficient (Wildman–Crippen LogP) is 3.89. The monoisotopic (exact) mass is 392 g/mol. The van der Waals surface area contributed by atoms with Crippen LogP contribution in [0.2, 0.25) is 0 Å². The molecule has 0 unspecified atom stereocenters. The third-order valence-corrected chi connectivity index (χ3v) is 3.68. The molecule has 1 N–H and O–H groups in total. The lowest BCUT2D eigenvalue weighted by molar-refractivity contribution is -0.137. The molecule has 2 heterocycles. The highest BCUT2D eigenvalue weighted by Crippen LogP contribution is 2.32. The number of nitrogens with zero attached hydrogens (tertiary/aromatic N) is 4. The number of benzene rings is 1. The van der Waals surface area contributed by atoms with E-state index >= 15 is 0 Å². The van der Waals surface area contributed by atoms with Crippen molar-refractivity contribution in [1.82, 2.24) is 19.7 Å². The van der Waals surface area contributed by atoms with Crippen LogP contribution in [0.25, 0.3) is 23.2 Å². The number of aromatic nitrogens is 4. The molecule has 0 atom stereocenters. The Labute approximate surface area is 155 Å². The Morgan fingerprint density at radius 2 is 1.93 bits per heavy atom. The summed E-state index contributed by atoms with van der Waals surface area (Å²) in [6.07, 6.45) is -0.232. The van der Waals surface area contributed by atoms with Crippen LogP contribution in [-0.2, 0) is 11.0 Å². The number of aliphatic carboxylic acids is 1. The molecule has 0 fully saturated rings. The number of carboxylic acids is 1. The van der Waals surface area contributed by atoms with E-state index in [0.717, 1.165) is 47.8 Å². The first kappa shape index (κ1) is 19.2. The summed E-state index contributed by atoms with van der Waals surface area (Å²) in [5, 5.41) is 13.4. The van der Waals surface area contributed by atoms with Gasteiger partial charge in [-0.25, -0.2) is 18.9 Å². The Kier molecular flexibility index (Phi) is 4.95. The number of halogens is 4. The number of hydrogen-bond acceptors (Lipinski definition) is 4. The first-order valence-corrected chi connectivity index (χ1v) is 7.80. The molecule has 0 aliphatic rings. The second-order valence-electron chi connectivity index (χ2n) is 5.87. The van der Waals surface area contributed by atoms with E-state index in [2.05, 4.69) is 15.1 Å². The molecular weight excluding hydrogens is 380 g/mol. The normalized spacial score (nSPS) is 12.2.